The van der Waals surface area contributed by atoms with Crippen LogP contribution >= 0.6 is 0 Å². The molecule has 1 saturated carbocycles. The molecule has 67 heavy (non-hydrogen) atoms. The zero-order valence-electron chi connectivity index (χ0n) is 41.5. The van der Waals surface area contributed by atoms with Gasteiger partial charge in [0, 0.05) is 51.4 Å². The number of esters is 1. The SMILES string of the molecule is CO[C@H]1C[C@@H]2CC[C@@H](C)[C@@](O)(O2)C(=O)C(=O)N2CCCC[C@H]2C(=O)O[C@H]([C@H](C)C[C@@H]2CC[C@@H](OCCO)[C@H](OC)C2)CC(=O)[C@H](C)C=C(C)[C@@H](O)[C@@H](O)C(=O)[C@H](C)C[C@H](C)C=CC=CC=C1C. The number of rotatable bonds is 8. The van der Waals surface area contributed by atoms with Gasteiger partial charge in [-0.25, -0.2) is 4.79 Å². The standard InChI is InChI=1S/C52H81NO14/c1-31-15-11-10-12-16-32(2)43(63-8)29-39-20-18-37(7)52(62,67-39)49(59)50(60)53-22-14-13-17-40(53)51(61)66-44(34(4)27-38-19-21-42(65-24-23-54)45(28-38)64-9)30-41(55)33(3)26-36(6)47(57)48(58)46(56)35(5)25-31/h10-12,15-16,26,31,33-35,37-40,42-45,47-48,54,57-58,62H,13-14,17-25,27-30H2,1-9H3/t31-,33-,34-,35-,37-,38+,39+,40+,42-,43+,44+,45-,47-,48+,52-/m1/s1. The van der Waals surface area contributed by atoms with Crippen LogP contribution in [0.5, 0.6) is 0 Å². The van der Waals surface area contributed by atoms with Gasteiger partial charge in [-0.05, 0) is 107 Å². The third-order valence-corrected chi connectivity index (χ3v) is 14.6. The van der Waals surface area contributed by atoms with E-state index in [4.69, 9.17) is 23.7 Å². The minimum absolute atomic E-state index is 0.0400. The molecule has 2 bridgehead atoms. The molecule has 0 aromatic rings. The van der Waals surface area contributed by atoms with Gasteiger partial charge in [-0.2, -0.15) is 0 Å². The van der Waals surface area contributed by atoms with Crippen molar-refractivity contribution in [3.63, 3.8) is 0 Å². The van der Waals surface area contributed by atoms with Crippen LogP contribution in [0.2, 0.25) is 0 Å². The Morgan fingerprint density at radius 2 is 1.58 bits per heavy atom. The number of ketones is 3. The lowest BCUT2D eigenvalue weighted by atomic mass is 9.78. The third-order valence-electron chi connectivity index (χ3n) is 14.6. The summed E-state index contributed by atoms with van der Waals surface area (Å²) < 4.78 is 29.9. The Balaban J connectivity index is 1.68. The van der Waals surface area contributed by atoms with Crippen molar-refractivity contribution < 1.29 is 68.1 Å². The van der Waals surface area contributed by atoms with E-state index < -0.39 is 83.5 Å². The summed E-state index contributed by atoms with van der Waals surface area (Å²) in [7, 11) is 3.18. The number of ether oxygens (including phenoxy) is 5. The van der Waals surface area contributed by atoms with Crippen LogP contribution in [0.1, 0.15) is 126 Å². The number of aliphatic hydroxyl groups is 4. The molecular weight excluding hydrogens is 863 g/mol. The van der Waals surface area contributed by atoms with Crippen LogP contribution in [0.25, 0.3) is 0 Å². The number of carbonyl (C=O) groups is 5. The van der Waals surface area contributed by atoms with E-state index in [-0.39, 0.29) is 73.9 Å². The van der Waals surface area contributed by atoms with Crippen molar-refractivity contribution in [2.45, 2.75) is 180 Å². The number of carbonyl (C=O) groups excluding carboxylic acids is 5. The predicted molar refractivity (Wildman–Crippen MR) is 251 cm³/mol. The van der Waals surface area contributed by atoms with E-state index in [1.54, 1.807) is 41.9 Å². The fourth-order valence-electron chi connectivity index (χ4n) is 10.3. The average molecular weight is 944 g/mol. The van der Waals surface area contributed by atoms with E-state index in [1.165, 1.54) is 11.0 Å². The van der Waals surface area contributed by atoms with E-state index in [0.29, 0.717) is 57.8 Å². The molecule has 4 N–H and O–H groups in total. The molecule has 15 atom stereocenters. The van der Waals surface area contributed by atoms with Gasteiger partial charge in [0.1, 0.15) is 30.1 Å². The Kier molecular flexibility index (Phi) is 22.3. The van der Waals surface area contributed by atoms with Gasteiger partial charge in [-0.15, -0.1) is 0 Å². The first-order valence-corrected chi connectivity index (χ1v) is 24.6. The third kappa shape index (κ3) is 15.3. The maximum absolute atomic E-state index is 14.4. The first-order chi connectivity index (χ1) is 31.7. The van der Waals surface area contributed by atoms with Crippen LogP contribution in [0.15, 0.2) is 47.6 Å². The maximum atomic E-state index is 14.4. The van der Waals surface area contributed by atoms with Crippen molar-refractivity contribution >= 4 is 29.2 Å². The van der Waals surface area contributed by atoms with Crippen LogP contribution in [-0.2, 0) is 47.7 Å². The molecular formula is C52H81NO14. The second-order valence-electron chi connectivity index (χ2n) is 19.9. The number of hydrogen-bond donors (Lipinski definition) is 4. The van der Waals surface area contributed by atoms with Gasteiger partial charge in [0.05, 0.1) is 37.6 Å². The smallest absolute Gasteiger partial charge is 0.329 e. The highest BCUT2D eigenvalue weighted by Crippen LogP contribution is 2.38. The normalized spacial score (nSPS) is 37.1. The van der Waals surface area contributed by atoms with Crippen molar-refractivity contribution in [1.82, 2.24) is 4.90 Å². The quantitative estimate of drug-likeness (QED) is 0.134. The minimum atomic E-state index is -2.44. The van der Waals surface area contributed by atoms with Crippen LogP contribution < -0.4 is 0 Å². The molecule has 3 aliphatic heterocycles. The lowest BCUT2D eigenvalue weighted by molar-refractivity contribution is -0.265. The summed E-state index contributed by atoms with van der Waals surface area (Å²) in [6.45, 7) is 12.5. The molecule has 4 aliphatic rings. The zero-order valence-corrected chi connectivity index (χ0v) is 41.5. The zero-order chi connectivity index (χ0) is 49.6. The molecule has 3 heterocycles. The van der Waals surface area contributed by atoms with Crippen molar-refractivity contribution in [2.24, 2.45) is 35.5 Å². The Labute approximate surface area is 398 Å². The van der Waals surface area contributed by atoms with Crippen LogP contribution in [-0.4, -0.2) is 143 Å². The number of fused-ring (bicyclic) bond motifs is 3. The van der Waals surface area contributed by atoms with Crippen molar-refractivity contribution in [1.29, 1.82) is 0 Å². The first-order valence-electron chi connectivity index (χ1n) is 24.6. The number of allylic oxidation sites excluding steroid dienone is 6. The minimum Gasteiger partial charge on any atom is -0.460 e. The molecule has 1 amide bonds. The van der Waals surface area contributed by atoms with Crippen molar-refractivity contribution in [3.05, 3.63) is 47.6 Å². The van der Waals surface area contributed by atoms with E-state index >= 15 is 0 Å². The largest absolute Gasteiger partial charge is 0.460 e. The molecule has 378 valence electrons. The van der Waals surface area contributed by atoms with Crippen molar-refractivity contribution in [2.75, 3.05) is 34.0 Å². The summed E-state index contributed by atoms with van der Waals surface area (Å²) in [5.41, 5.74) is 1.11. The summed E-state index contributed by atoms with van der Waals surface area (Å²) in [5.74, 6) is -8.59. The molecule has 0 radical (unpaired) electrons. The van der Waals surface area contributed by atoms with Gasteiger partial charge in [-0.3, -0.25) is 19.2 Å². The highest BCUT2D eigenvalue weighted by molar-refractivity contribution is 6.39. The van der Waals surface area contributed by atoms with Crippen LogP contribution in [0.4, 0.5) is 0 Å². The Hall–Kier alpha value is -3.41. The monoisotopic (exact) mass is 944 g/mol. The van der Waals surface area contributed by atoms with Crippen molar-refractivity contribution in [3.8, 4) is 0 Å². The highest BCUT2D eigenvalue weighted by Gasteiger charge is 2.53. The molecule has 15 nitrogen and oxygen atoms in total. The molecule has 0 aromatic carbocycles. The maximum Gasteiger partial charge on any atom is 0.329 e. The van der Waals surface area contributed by atoms with E-state index in [9.17, 15) is 44.4 Å². The summed E-state index contributed by atoms with van der Waals surface area (Å²) >= 11 is 0. The molecule has 2 saturated heterocycles. The molecule has 3 fully saturated rings. The predicted octanol–water partition coefficient (Wildman–Crippen LogP) is 5.54. The van der Waals surface area contributed by atoms with Gasteiger partial charge >= 0.3 is 5.97 Å². The summed E-state index contributed by atoms with van der Waals surface area (Å²) in [5, 5.41) is 43.5. The van der Waals surface area contributed by atoms with E-state index in [1.807, 2.05) is 51.2 Å². The topological polar surface area (TPSA) is 216 Å². The number of aliphatic hydroxyl groups excluding tert-OH is 3. The summed E-state index contributed by atoms with van der Waals surface area (Å²) in [6.07, 6.45) is 10.6. The number of piperidine rings is 1. The Morgan fingerprint density at radius 1 is 0.851 bits per heavy atom. The summed E-state index contributed by atoms with van der Waals surface area (Å²) in [4.78, 5) is 71.6. The summed E-state index contributed by atoms with van der Waals surface area (Å²) in [6, 6.07) is -1.16. The van der Waals surface area contributed by atoms with Crippen LogP contribution in [0, 0.1) is 35.5 Å². The number of nitrogens with zero attached hydrogens (tertiary/aromatic N) is 1. The second-order valence-corrected chi connectivity index (χ2v) is 19.9. The second kappa shape index (κ2) is 26.5. The lowest BCUT2D eigenvalue weighted by Crippen LogP contribution is -2.61. The fraction of sp³-hybridized carbons (Fsp3) is 0.750. The van der Waals surface area contributed by atoms with Gasteiger partial charge < -0.3 is 49.0 Å². The van der Waals surface area contributed by atoms with Gasteiger partial charge in [0.25, 0.3) is 11.7 Å². The number of cyclic esters (lactones) is 1. The lowest BCUT2D eigenvalue weighted by Gasteiger charge is -2.42. The Morgan fingerprint density at radius 3 is 2.27 bits per heavy atom. The van der Waals surface area contributed by atoms with Gasteiger partial charge in [0.2, 0.25) is 5.79 Å². The molecule has 1 aliphatic carbocycles. The number of Topliss-reactive ketones (excluding diaryl/α,β-unsaturated/α-hetero) is 3. The average Bonchev–Trinajstić information content (AvgIpc) is 3.31. The highest BCUT2D eigenvalue weighted by atomic mass is 16.6. The molecule has 0 unspecified atom stereocenters. The number of hydrogen-bond acceptors (Lipinski definition) is 14. The van der Waals surface area contributed by atoms with Gasteiger partial charge in [-0.1, -0.05) is 71.1 Å². The van der Waals surface area contributed by atoms with Gasteiger partial charge in [0.15, 0.2) is 5.78 Å². The molecule has 4 rings (SSSR count). The fourth-order valence-corrected chi connectivity index (χ4v) is 10.3. The molecule has 0 spiro atoms. The molecule has 0 aromatic heterocycles. The van der Waals surface area contributed by atoms with E-state index in [0.717, 1.165) is 12.0 Å². The van der Waals surface area contributed by atoms with E-state index in [2.05, 4.69) is 0 Å². The first kappa shape index (κ1) is 56.2. The van der Waals surface area contributed by atoms with Crippen LogP contribution in [0.3, 0.4) is 0 Å². The number of methoxy groups -OCH3 is 2. The molecule has 15 heteroatoms. The Bertz CT molecular complexity index is 1790. The number of amides is 1.